The van der Waals surface area contributed by atoms with Gasteiger partial charge in [-0.25, -0.2) is 0 Å². The summed E-state index contributed by atoms with van der Waals surface area (Å²) in [6.45, 7) is 2.18. The largest absolute Gasteiger partial charge is 0.481 e. The fourth-order valence-corrected chi connectivity index (χ4v) is 2.88. The molecule has 0 aromatic heterocycles. The molecule has 146 valence electrons. The molecule has 1 fully saturated rings. The van der Waals surface area contributed by atoms with E-state index in [1.165, 1.54) is 0 Å². The molecule has 1 saturated heterocycles. The second-order valence-corrected chi connectivity index (χ2v) is 6.79. The maximum absolute atomic E-state index is 12.2. The van der Waals surface area contributed by atoms with Gasteiger partial charge in [0, 0.05) is 37.9 Å². The van der Waals surface area contributed by atoms with Crippen LogP contribution in [0.1, 0.15) is 71.1 Å². The first-order chi connectivity index (χ1) is 12.4. The third kappa shape index (κ3) is 9.51. The summed E-state index contributed by atoms with van der Waals surface area (Å²) in [5.74, 6) is -0.604. The number of hydrogen-bond donors (Lipinski definition) is 2. The Morgan fingerprint density at radius 2 is 1.96 bits per heavy atom. The molecule has 1 rings (SSSR count). The molecule has 0 bridgehead atoms. The predicted octanol–water partition coefficient (Wildman–Crippen LogP) is 3.20. The van der Waals surface area contributed by atoms with Gasteiger partial charge in [0.05, 0.1) is 6.10 Å². The number of amides is 1. The minimum atomic E-state index is -0.798. The number of carboxylic acids is 1. The Labute approximate surface area is 155 Å². The van der Waals surface area contributed by atoms with Crippen LogP contribution in [0.15, 0.2) is 23.9 Å². The van der Waals surface area contributed by atoms with Gasteiger partial charge in [-0.1, -0.05) is 18.2 Å². The number of carbonyl (C=O) groups is 3. The van der Waals surface area contributed by atoms with Crippen LogP contribution < -0.4 is 0 Å². The molecule has 0 saturated carbocycles. The molecule has 26 heavy (non-hydrogen) atoms. The topological polar surface area (TPSA) is 94.9 Å². The van der Waals surface area contributed by atoms with Gasteiger partial charge in [0.1, 0.15) is 5.78 Å². The fraction of sp³-hybridized carbons (Fsp3) is 0.650. The maximum Gasteiger partial charge on any atom is 0.303 e. The number of aliphatic hydroxyl groups excluding tert-OH is 1. The standard InChI is InChI=1S/C20H31NO5/c1-16(22)8-6-10-18(23)14-13-17-9-7-11-19(24)21(17)15-5-3-2-4-12-20(25)26/h3,5,13,16,22H,2,4,6-12,14-15H2,1H3,(H,25,26)/b5-3-,17-13?. The van der Waals surface area contributed by atoms with Crippen LogP contribution in [0.25, 0.3) is 0 Å². The zero-order valence-corrected chi connectivity index (χ0v) is 15.7. The van der Waals surface area contributed by atoms with Crippen LogP contribution in [0.4, 0.5) is 0 Å². The molecule has 1 unspecified atom stereocenters. The molecule has 1 aliphatic rings. The van der Waals surface area contributed by atoms with Crippen LogP contribution in [-0.4, -0.2) is 45.4 Å². The number of unbranched alkanes of at least 4 members (excludes halogenated alkanes) is 1. The lowest BCUT2D eigenvalue weighted by molar-refractivity contribution is -0.137. The van der Waals surface area contributed by atoms with E-state index in [9.17, 15) is 19.5 Å². The van der Waals surface area contributed by atoms with Crippen molar-refractivity contribution >= 4 is 17.7 Å². The smallest absolute Gasteiger partial charge is 0.303 e. The van der Waals surface area contributed by atoms with Crippen molar-refractivity contribution in [2.75, 3.05) is 6.54 Å². The van der Waals surface area contributed by atoms with E-state index in [2.05, 4.69) is 0 Å². The Balaban J connectivity index is 2.47. The van der Waals surface area contributed by atoms with Crippen molar-refractivity contribution in [1.29, 1.82) is 0 Å². The lowest BCUT2D eigenvalue weighted by atomic mass is 10.0. The molecular formula is C20H31NO5. The number of allylic oxidation sites excluding steroid dienone is 3. The van der Waals surface area contributed by atoms with Gasteiger partial charge < -0.3 is 15.1 Å². The molecule has 1 amide bonds. The SMILES string of the molecule is CC(O)CCCC(=O)CC=C1CCCC(=O)N1C/C=C\CCCC(=O)O. The van der Waals surface area contributed by atoms with Gasteiger partial charge >= 0.3 is 5.97 Å². The van der Waals surface area contributed by atoms with Gasteiger partial charge in [0.25, 0.3) is 0 Å². The van der Waals surface area contributed by atoms with Crippen molar-refractivity contribution in [3.63, 3.8) is 0 Å². The number of ketones is 1. The van der Waals surface area contributed by atoms with E-state index in [4.69, 9.17) is 5.11 Å². The number of piperidine rings is 1. The molecule has 0 spiro atoms. The summed E-state index contributed by atoms with van der Waals surface area (Å²) in [7, 11) is 0. The number of rotatable bonds is 12. The lowest BCUT2D eigenvalue weighted by Crippen LogP contribution is -2.33. The van der Waals surface area contributed by atoms with Crippen LogP contribution in [0.5, 0.6) is 0 Å². The summed E-state index contributed by atoms with van der Waals surface area (Å²) in [6, 6.07) is 0. The van der Waals surface area contributed by atoms with Crippen molar-refractivity contribution in [1.82, 2.24) is 4.90 Å². The van der Waals surface area contributed by atoms with Crippen LogP contribution in [0, 0.1) is 0 Å². The van der Waals surface area contributed by atoms with Crippen molar-refractivity contribution < 1.29 is 24.6 Å². The summed E-state index contributed by atoms with van der Waals surface area (Å²) in [4.78, 5) is 36.3. The van der Waals surface area contributed by atoms with E-state index >= 15 is 0 Å². The number of nitrogens with zero attached hydrogens (tertiary/aromatic N) is 1. The van der Waals surface area contributed by atoms with E-state index in [1.807, 2.05) is 18.2 Å². The summed E-state index contributed by atoms with van der Waals surface area (Å²) in [5.41, 5.74) is 0.903. The number of aliphatic hydroxyl groups is 1. The Bertz CT molecular complexity index is 536. The van der Waals surface area contributed by atoms with Crippen LogP contribution in [0.3, 0.4) is 0 Å². The highest BCUT2D eigenvalue weighted by Gasteiger charge is 2.21. The monoisotopic (exact) mass is 365 g/mol. The number of aliphatic carboxylic acids is 1. The zero-order chi connectivity index (χ0) is 19.4. The lowest BCUT2D eigenvalue weighted by Gasteiger charge is -2.29. The third-order valence-electron chi connectivity index (χ3n) is 4.33. The predicted molar refractivity (Wildman–Crippen MR) is 99.4 cm³/mol. The van der Waals surface area contributed by atoms with Crippen LogP contribution >= 0.6 is 0 Å². The van der Waals surface area contributed by atoms with Gasteiger partial charge in [0.2, 0.25) is 5.91 Å². The first-order valence-corrected chi connectivity index (χ1v) is 9.46. The maximum atomic E-state index is 12.2. The Morgan fingerprint density at radius 1 is 1.19 bits per heavy atom. The van der Waals surface area contributed by atoms with Gasteiger partial charge in [-0.05, 0) is 45.4 Å². The minimum absolute atomic E-state index is 0.0687. The quantitative estimate of drug-likeness (QED) is 0.409. The van der Waals surface area contributed by atoms with Crippen LogP contribution in [0.2, 0.25) is 0 Å². The minimum Gasteiger partial charge on any atom is -0.481 e. The van der Waals surface area contributed by atoms with E-state index in [0.29, 0.717) is 51.5 Å². The molecule has 0 radical (unpaired) electrons. The number of hydrogen-bond acceptors (Lipinski definition) is 4. The highest BCUT2D eigenvalue weighted by Crippen LogP contribution is 2.22. The normalized spacial score (nSPS) is 17.8. The first-order valence-electron chi connectivity index (χ1n) is 9.46. The van der Waals surface area contributed by atoms with E-state index in [-0.39, 0.29) is 24.2 Å². The molecule has 6 heteroatoms. The molecule has 1 atom stereocenters. The molecule has 1 heterocycles. The second kappa shape index (κ2) is 12.4. The number of likely N-dealkylation sites (tertiary alicyclic amines) is 1. The molecule has 1 aliphatic heterocycles. The molecule has 2 N–H and O–H groups in total. The summed E-state index contributed by atoms with van der Waals surface area (Å²) in [6.07, 6.45) is 10.9. The Kier molecular flexibility index (Phi) is 10.5. The molecule has 0 aliphatic carbocycles. The van der Waals surface area contributed by atoms with Crippen molar-refractivity contribution in [3.05, 3.63) is 23.9 Å². The van der Waals surface area contributed by atoms with E-state index in [1.54, 1.807) is 11.8 Å². The zero-order valence-electron chi connectivity index (χ0n) is 15.7. The van der Waals surface area contributed by atoms with Gasteiger partial charge in [-0.3, -0.25) is 14.4 Å². The van der Waals surface area contributed by atoms with Crippen molar-refractivity contribution in [2.24, 2.45) is 0 Å². The first kappa shape index (κ1) is 22.1. The van der Waals surface area contributed by atoms with Crippen molar-refractivity contribution in [2.45, 2.75) is 77.2 Å². The third-order valence-corrected chi connectivity index (χ3v) is 4.33. The van der Waals surface area contributed by atoms with E-state index < -0.39 is 5.97 Å². The molecule has 0 aromatic carbocycles. The van der Waals surface area contributed by atoms with Crippen molar-refractivity contribution in [3.8, 4) is 0 Å². The highest BCUT2D eigenvalue weighted by molar-refractivity contribution is 5.81. The van der Waals surface area contributed by atoms with Gasteiger partial charge in [0.15, 0.2) is 0 Å². The summed E-state index contributed by atoms with van der Waals surface area (Å²) >= 11 is 0. The number of carboxylic acid groups (broad SMARTS) is 1. The van der Waals surface area contributed by atoms with Crippen LogP contribution in [-0.2, 0) is 14.4 Å². The summed E-state index contributed by atoms with van der Waals surface area (Å²) in [5, 5.41) is 17.8. The average molecular weight is 365 g/mol. The molecule has 0 aromatic rings. The van der Waals surface area contributed by atoms with Gasteiger partial charge in [-0.15, -0.1) is 0 Å². The van der Waals surface area contributed by atoms with E-state index in [0.717, 1.165) is 18.5 Å². The highest BCUT2D eigenvalue weighted by atomic mass is 16.4. The molecular weight excluding hydrogens is 334 g/mol. The Hall–Kier alpha value is -1.95. The number of carbonyl (C=O) groups excluding carboxylic acids is 2. The second-order valence-electron chi connectivity index (χ2n) is 6.79. The average Bonchev–Trinajstić information content (AvgIpc) is 2.57. The summed E-state index contributed by atoms with van der Waals surface area (Å²) < 4.78 is 0. The Morgan fingerprint density at radius 3 is 2.65 bits per heavy atom. The fourth-order valence-electron chi connectivity index (χ4n) is 2.88. The molecule has 6 nitrogen and oxygen atoms in total. The number of Topliss-reactive ketones (excluding diaryl/α,β-unsaturated/α-hetero) is 1. The van der Waals surface area contributed by atoms with Gasteiger partial charge in [-0.2, -0.15) is 0 Å².